The molecule has 0 fully saturated rings. The minimum atomic E-state index is -0.721. The molecule has 4 rings (SSSR count). The van der Waals surface area contributed by atoms with Crippen molar-refractivity contribution in [3.8, 4) is 0 Å². The minimum absolute atomic E-state index is 0.158. The lowest BCUT2D eigenvalue weighted by atomic mass is 10.1. The molecule has 7 heteroatoms. The van der Waals surface area contributed by atoms with Gasteiger partial charge in [-0.25, -0.2) is 0 Å². The fourth-order valence-corrected chi connectivity index (χ4v) is 4.44. The van der Waals surface area contributed by atoms with Gasteiger partial charge in [0.05, 0.1) is 5.69 Å². The summed E-state index contributed by atoms with van der Waals surface area (Å²) in [6.07, 6.45) is 0. The predicted molar refractivity (Wildman–Crippen MR) is 135 cm³/mol. The molecule has 1 atom stereocenters. The van der Waals surface area contributed by atoms with Gasteiger partial charge >= 0.3 is 0 Å². The Bertz CT molecular complexity index is 1250. The largest absolute Gasteiger partial charge is 0.354 e. The Kier molecular flexibility index (Phi) is 6.89. The molecule has 3 aromatic rings. The molecule has 3 amide bonds. The number of hydrogen-bond donors (Lipinski definition) is 1. The van der Waals surface area contributed by atoms with Crippen LogP contribution in [0.3, 0.4) is 0 Å². The Labute approximate surface area is 204 Å². The van der Waals surface area contributed by atoms with Crippen molar-refractivity contribution >= 4 is 45.8 Å². The van der Waals surface area contributed by atoms with E-state index in [1.807, 2.05) is 56.3 Å². The first-order valence-electron chi connectivity index (χ1n) is 11.4. The summed E-state index contributed by atoms with van der Waals surface area (Å²) in [6, 6.07) is 17.7. The second-order valence-electron chi connectivity index (χ2n) is 9.04. The molecule has 1 aliphatic rings. The van der Waals surface area contributed by atoms with E-state index in [-0.39, 0.29) is 36.7 Å². The molecule has 3 aromatic carbocycles. The second-order valence-corrected chi connectivity index (χ2v) is 9.48. The van der Waals surface area contributed by atoms with Gasteiger partial charge in [0, 0.05) is 29.1 Å². The summed E-state index contributed by atoms with van der Waals surface area (Å²) in [5, 5.41) is 5.27. The Morgan fingerprint density at radius 1 is 1.03 bits per heavy atom. The first kappa shape index (κ1) is 23.8. The van der Waals surface area contributed by atoms with Crippen LogP contribution >= 0.6 is 11.6 Å². The average Bonchev–Trinajstić information content (AvgIpc) is 3.08. The van der Waals surface area contributed by atoms with Gasteiger partial charge in [-0.3, -0.25) is 19.3 Å². The van der Waals surface area contributed by atoms with Crippen LogP contribution in [0.1, 0.15) is 36.7 Å². The van der Waals surface area contributed by atoms with Gasteiger partial charge in [0.25, 0.3) is 5.91 Å². The first-order chi connectivity index (χ1) is 16.3. The van der Waals surface area contributed by atoms with E-state index >= 15 is 0 Å². The lowest BCUT2D eigenvalue weighted by Gasteiger charge is -2.31. The standard InChI is InChI=1S/C27H28ClN3O3/c1-17(2)14-29-26(33)18(3)30(15-19-7-4-10-21(28)13-19)24(32)16-31-23-12-6-9-20-8-5-11-22(25(20)23)27(31)34/h4-13,17-18H,14-16H2,1-3H3,(H,29,33)/t18-/m1/s1. The van der Waals surface area contributed by atoms with Crippen LogP contribution in [0.5, 0.6) is 0 Å². The van der Waals surface area contributed by atoms with Gasteiger partial charge in [0.15, 0.2) is 0 Å². The molecule has 0 aliphatic carbocycles. The van der Waals surface area contributed by atoms with Crippen molar-refractivity contribution in [2.24, 2.45) is 5.92 Å². The lowest BCUT2D eigenvalue weighted by Crippen LogP contribution is -2.51. The summed E-state index contributed by atoms with van der Waals surface area (Å²) in [7, 11) is 0. The van der Waals surface area contributed by atoms with Gasteiger partial charge in [0.1, 0.15) is 12.6 Å². The van der Waals surface area contributed by atoms with E-state index in [1.54, 1.807) is 25.1 Å². The number of amides is 3. The zero-order chi connectivity index (χ0) is 24.4. The fraction of sp³-hybridized carbons (Fsp3) is 0.296. The average molecular weight is 478 g/mol. The highest BCUT2D eigenvalue weighted by molar-refractivity contribution is 6.30. The molecule has 0 saturated heterocycles. The number of halogens is 1. The summed E-state index contributed by atoms with van der Waals surface area (Å²) >= 11 is 6.15. The molecule has 0 radical (unpaired) electrons. The summed E-state index contributed by atoms with van der Waals surface area (Å²) in [4.78, 5) is 42.7. The van der Waals surface area contributed by atoms with E-state index in [0.29, 0.717) is 22.8 Å². The summed E-state index contributed by atoms with van der Waals surface area (Å²) in [5.41, 5.74) is 2.11. The smallest absolute Gasteiger partial charge is 0.259 e. The molecular weight excluding hydrogens is 450 g/mol. The summed E-state index contributed by atoms with van der Waals surface area (Å²) in [6.45, 7) is 6.29. The third kappa shape index (κ3) is 4.77. The van der Waals surface area contributed by atoms with Gasteiger partial charge in [-0.05, 0) is 48.1 Å². The zero-order valence-corrected chi connectivity index (χ0v) is 20.3. The van der Waals surface area contributed by atoms with Gasteiger partial charge in [0.2, 0.25) is 11.8 Å². The highest BCUT2D eigenvalue weighted by Gasteiger charge is 2.34. The molecule has 1 heterocycles. The normalized spacial score (nSPS) is 13.4. The van der Waals surface area contributed by atoms with Gasteiger partial charge < -0.3 is 10.2 Å². The third-order valence-electron chi connectivity index (χ3n) is 6.04. The quantitative estimate of drug-likeness (QED) is 0.513. The number of nitrogens with zero attached hydrogens (tertiary/aromatic N) is 2. The van der Waals surface area contributed by atoms with Crippen molar-refractivity contribution in [2.45, 2.75) is 33.4 Å². The first-order valence-corrected chi connectivity index (χ1v) is 11.8. The van der Waals surface area contributed by atoms with Crippen LogP contribution in [0.4, 0.5) is 5.69 Å². The Balaban J connectivity index is 1.61. The molecule has 1 aliphatic heterocycles. The minimum Gasteiger partial charge on any atom is -0.354 e. The molecule has 1 N–H and O–H groups in total. The number of carbonyl (C=O) groups is 3. The molecule has 34 heavy (non-hydrogen) atoms. The number of benzene rings is 3. The van der Waals surface area contributed by atoms with E-state index < -0.39 is 6.04 Å². The van der Waals surface area contributed by atoms with Crippen molar-refractivity contribution in [3.63, 3.8) is 0 Å². The molecule has 0 saturated carbocycles. The SMILES string of the molecule is CC(C)CNC(=O)[C@@H](C)N(Cc1cccc(Cl)c1)C(=O)CN1C(=O)c2cccc3cccc1c23. The maximum absolute atomic E-state index is 13.6. The zero-order valence-electron chi connectivity index (χ0n) is 19.5. The molecular formula is C27H28ClN3O3. The van der Waals surface area contributed by atoms with E-state index in [4.69, 9.17) is 11.6 Å². The second kappa shape index (κ2) is 9.85. The maximum atomic E-state index is 13.6. The fourth-order valence-electron chi connectivity index (χ4n) is 4.23. The van der Waals surface area contributed by atoms with E-state index in [1.165, 1.54) is 9.80 Å². The van der Waals surface area contributed by atoms with Crippen LogP contribution in [-0.2, 0) is 16.1 Å². The topological polar surface area (TPSA) is 69.7 Å². The van der Waals surface area contributed by atoms with Crippen LogP contribution in [-0.4, -0.2) is 41.8 Å². The molecule has 0 aromatic heterocycles. The van der Waals surface area contributed by atoms with Crippen LogP contribution in [0.2, 0.25) is 5.02 Å². The molecule has 0 bridgehead atoms. The lowest BCUT2D eigenvalue weighted by molar-refractivity contribution is -0.139. The molecule has 0 spiro atoms. The van der Waals surface area contributed by atoms with Crippen LogP contribution < -0.4 is 10.2 Å². The maximum Gasteiger partial charge on any atom is 0.259 e. The molecule has 0 unspecified atom stereocenters. The number of hydrogen-bond acceptors (Lipinski definition) is 3. The number of rotatable bonds is 8. The van der Waals surface area contributed by atoms with Crippen LogP contribution in [0.25, 0.3) is 10.8 Å². The monoisotopic (exact) mass is 477 g/mol. The molecule has 6 nitrogen and oxygen atoms in total. The van der Waals surface area contributed by atoms with Crippen molar-refractivity contribution in [2.75, 3.05) is 18.0 Å². The van der Waals surface area contributed by atoms with E-state index in [0.717, 1.165) is 16.3 Å². The van der Waals surface area contributed by atoms with Gasteiger partial charge in [-0.15, -0.1) is 0 Å². The molecule has 176 valence electrons. The van der Waals surface area contributed by atoms with E-state index in [2.05, 4.69) is 5.32 Å². The van der Waals surface area contributed by atoms with Gasteiger partial charge in [-0.1, -0.05) is 61.8 Å². The van der Waals surface area contributed by atoms with Crippen molar-refractivity contribution in [1.29, 1.82) is 0 Å². The van der Waals surface area contributed by atoms with E-state index in [9.17, 15) is 14.4 Å². The van der Waals surface area contributed by atoms with Crippen molar-refractivity contribution < 1.29 is 14.4 Å². The van der Waals surface area contributed by atoms with Gasteiger partial charge in [-0.2, -0.15) is 0 Å². The van der Waals surface area contributed by atoms with Crippen LogP contribution in [0, 0.1) is 5.92 Å². The van der Waals surface area contributed by atoms with Crippen molar-refractivity contribution in [3.05, 3.63) is 76.8 Å². The Morgan fingerprint density at radius 2 is 1.74 bits per heavy atom. The predicted octanol–water partition coefficient (Wildman–Crippen LogP) is 4.64. The summed E-state index contributed by atoms with van der Waals surface area (Å²) < 4.78 is 0. The number of anilines is 1. The Morgan fingerprint density at radius 3 is 2.44 bits per heavy atom. The highest BCUT2D eigenvalue weighted by atomic mass is 35.5. The van der Waals surface area contributed by atoms with Crippen LogP contribution in [0.15, 0.2) is 60.7 Å². The third-order valence-corrected chi connectivity index (χ3v) is 6.27. The summed E-state index contributed by atoms with van der Waals surface area (Å²) in [5.74, 6) is -0.471. The number of nitrogens with one attached hydrogen (secondary N) is 1. The number of carbonyl (C=O) groups excluding carboxylic acids is 3. The van der Waals surface area contributed by atoms with Crippen molar-refractivity contribution in [1.82, 2.24) is 10.2 Å². The Hall–Kier alpha value is -3.38. The highest BCUT2D eigenvalue weighted by Crippen LogP contribution is 2.37.